The zero-order chi connectivity index (χ0) is 22.4. The number of hydrogen-bond acceptors (Lipinski definition) is 4. The van der Waals surface area contributed by atoms with E-state index in [1.54, 1.807) is 12.1 Å². The highest BCUT2D eigenvalue weighted by Crippen LogP contribution is 2.24. The minimum absolute atomic E-state index is 0.0124. The third kappa shape index (κ3) is 5.07. The van der Waals surface area contributed by atoms with Gasteiger partial charge in [-0.1, -0.05) is 66.7 Å². The Balaban J connectivity index is 1.51. The molecule has 0 bridgehead atoms. The van der Waals surface area contributed by atoms with E-state index in [-0.39, 0.29) is 16.7 Å². The number of nitrogens with one attached hydrogen (secondary N) is 1. The monoisotopic (exact) mass is 450 g/mol. The van der Waals surface area contributed by atoms with Gasteiger partial charge < -0.3 is 10.1 Å². The summed E-state index contributed by atoms with van der Waals surface area (Å²) < 4.78 is 32.5. The minimum Gasteiger partial charge on any atom is -0.379 e. The molecular weight excluding hydrogens is 424 g/mol. The number of nitrogens with zero attached hydrogens (tertiary/aromatic N) is 1. The first-order chi connectivity index (χ1) is 15.6. The van der Waals surface area contributed by atoms with Crippen LogP contribution in [0.3, 0.4) is 0 Å². The summed E-state index contributed by atoms with van der Waals surface area (Å²) in [6, 6.07) is 26.2. The number of benzene rings is 3. The van der Waals surface area contributed by atoms with Crippen molar-refractivity contribution in [3.63, 3.8) is 0 Å². The average Bonchev–Trinajstić information content (AvgIpc) is 2.86. The number of rotatable bonds is 7. The third-order valence-corrected chi connectivity index (χ3v) is 7.47. The largest absolute Gasteiger partial charge is 0.379 e. The molecule has 6 nitrogen and oxygen atoms in total. The van der Waals surface area contributed by atoms with Crippen molar-refractivity contribution >= 4 is 15.9 Å². The molecule has 0 atom stereocenters. The van der Waals surface area contributed by atoms with Crippen LogP contribution in [0, 0.1) is 0 Å². The van der Waals surface area contributed by atoms with Crippen LogP contribution in [0.5, 0.6) is 0 Å². The SMILES string of the molecule is O=C(NCC(c1ccccc1)c1ccccc1)c1cccc(S(=O)(=O)N2CCOCC2)c1. The Kier molecular flexibility index (Phi) is 6.99. The Morgan fingerprint density at radius 3 is 2.06 bits per heavy atom. The molecular formula is C25H26N2O4S. The second-order valence-corrected chi connectivity index (χ2v) is 9.57. The molecule has 1 aliphatic heterocycles. The van der Waals surface area contributed by atoms with Gasteiger partial charge in [-0.15, -0.1) is 0 Å². The Bertz CT molecular complexity index is 1110. The van der Waals surface area contributed by atoms with Gasteiger partial charge in [0.2, 0.25) is 10.0 Å². The van der Waals surface area contributed by atoms with Crippen molar-refractivity contribution in [1.29, 1.82) is 0 Å². The Morgan fingerprint density at radius 2 is 1.47 bits per heavy atom. The fraction of sp³-hybridized carbons (Fsp3) is 0.240. The van der Waals surface area contributed by atoms with Crippen LogP contribution < -0.4 is 5.32 Å². The van der Waals surface area contributed by atoms with Crippen LogP contribution in [-0.4, -0.2) is 51.5 Å². The molecule has 0 aromatic heterocycles. The third-order valence-electron chi connectivity index (χ3n) is 5.57. The summed E-state index contributed by atoms with van der Waals surface area (Å²) in [5, 5.41) is 2.99. The summed E-state index contributed by atoms with van der Waals surface area (Å²) >= 11 is 0. The topological polar surface area (TPSA) is 75.7 Å². The molecule has 0 spiro atoms. The molecule has 4 rings (SSSR count). The molecule has 1 N–H and O–H groups in total. The molecule has 32 heavy (non-hydrogen) atoms. The van der Waals surface area contributed by atoms with E-state index in [0.29, 0.717) is 38.4 Å². The molecule has 0 saturated carbocycles. The van der Waals surface area contributed by atoms with Gasteiger partial charge in [-0.2, -0.15) is 4.31 Å². The van der Waals surface area contributed by atoms with E-state index in [1.807, 2.05) is 60.7 Å². The first-order valence-electron chi connectivity index (χ1n) is 10.6. The molecule has 1 saturated heterocycles. The molecule has 166 valence electrons. The molecule has 7 heteroatoms. The van der Waals surface area contributed by atoms with Gasteiger partial charge in [0.25, 0.3) is 5.91 Å². The quantitative estimate of drug-likeness (QED) is 0.600. The smallest absolute Gasteiger partial charge is 0.251 e. The fourth-order valence-corrected chi connectivity index (χ4v) is 5.28. The molecule has 1 fully saturated rings. The van der Waals surface area contributed by atoms with Gasteiger partial charge in [0.05, 0.1) is 18.1 Å². The molecule has 1 amide bonds. The first-order valence-corrected chi connectivity index (χ1v) is 12.1. The highest BCUT2D eigenvalue weighted by molar-refractivity contribution is 7.89. The van der Waals surface area contributed by atoms with E-state index in [9.17, 15) is 13.2 Å². The van der Waals surface area contributed by atoms with Gasteiger partial charge >= 0.3 is 0 Å². The zero-order valence-electron chi connectivity index (χ0n) is 17.7. The number of hydrogen-bond donors (Lipinski definition) is 1. The van der Waals surface area contributed by atoms with E-state index in [1.165, 1.54) is 16.4 Å². The predicted molar refractivity (Wildman–Crippen MR) is 123 cm³/mol. The molecule has 0 radical (unpaired) electrons. The van der Waals surface area contributed by atoms with Crippen molar-refractivity contribution in [2.24, 2.45) is 0 Å². The molecule has 3 aromatic rings. The van der Waals surface area contributed by atoms with E-state index >= 15 is 0 Å². The lowest BCUT2D eigenvalue weighted by atomic mass is 9.91. The summed E-state index contributed by atoms with van der Waals surface area (Å²) in [5.74, 6) is -0.317. The van der Waals surface area contributed by atoms with Gasteiger partial charge in [-0.3, -0.25) is 4.79 Å². The predicted octanol–water partition coefficient (Wildman–Crippen LogP) is 3.27. The van der Waals surface area contributed by atoms with Crippen molar-refractivity contribution in [2.45, 2.75) is 10.8 Å². The Morgan fingerprint density at radius 1 is 0.875 bits per heavy atom. The van der Waals surface area contributed by atoms with E-state index in [2.05, 4.69) is 5.32 Å². The van der Waals surface area contributed by atoms with Gasteiger partial charge in [-0.25, -0.2) is 8.42 Å². The van der Waals surface area contributed by atoms with E-state index < -0.39 is 10.0 Å². The van der Waals surface area contributed by atoms with Crippen molar-refractivity contribution < 1.29 is 17.9 Å². The number of carbonyl (C=O) groups is 1. The summed E-state index contributed by atoms with van der Waals surface area (Å²) in [7, 11) is -3.66. The van der Waals surface area contributed by atoms with Crippen LogP contribution >= 0.6 is 0 Å². The lowest BCUT2D eigenvalue weighted by molar-refractivity contribution is 0.0730. The highest BCUT2D eigenvalue weighted by Gasteiger charge is 2.27. The standard InChI is InChI=1S/C25H26N2O4S/c28-25(22-12-7-13-23(18-22)32(29,30)27-14-16-31-17-15-27)26-19-24(20-8-3-1-4-9-20)21-10-5-2-6-11-21/h1-13,18,24H,14-17,19H2,(H,26,28). The van der Waals surface area contributed by atoms with Crippen LogP contribution in [0.4, 0.5) is 0 Å². The lowest BCUT2D eigenvalue weighted by Gasteiger charge is -2.26. The number of carbonyl (C=O) groups excluding carboxylic acids is 1. The van der Waals surface area contributed by atoms with Crippen molar-refractivity contribution in [3.05, 3.63) is 102 Å². The fourth-order valence-electron chi connectivity index (χ4n) is 3.83. The number of ether oxygens (including phenoxy) is 1. The van der Waals surface area contributed by atoms with Gasteiger partial charge in [0.15, 0.2) is 0 Å². The second-order valence-electron chi connectivity index (χ2n) is 7.63. The van der Waals surface area contributed by atoms with E-state index in [0.717, 1.165) is 11.1 Å². The molecule has 1 heterocycles. The maximum atomic E-state index is 12.9. The van der Waals surface area contributed by atoms with Crippen LogP contribution in [-0.2, 0) is 14.8 Å². The highest BCUT2D eigenvalue weighted by atomic mass is 32.2. The zero-order valence-corrected chi connectivity index (χ0v) is 18.5. The van der Waals surface area contributed by atoms with Gasteiger partial charge in [0, 0.05) is 31.1 Å². The normalized spacial score (nSPS) is 14.9. The van der Waals surface area contributed by atoms with Crippen LogP contribution in [0.2, 0.25) is 0 Å². The average molecular weight is 451 g/mol. The maximum absolute atomic E-state index is 12.9. The summed E-state index contributed by atoms with van der Waals surface area (Å²) in [6.07, 6.45) is 0. The summed E-state index contributed by atoms with van der Waals surface area (Å²) in [4.78, 5) is 13.0. The molecule has 3 aromatic carbocycles. The van der Waals surface area contributed by atoms with Crippen molar-refractivity contribution in [1.82, 2.24) is 9.62 Å². The lowest BCUT2D eigenvalue weighted by Crippen LogP contribution is -2.40. The summed E-state index contributed by atoms with van der Waals surface area (Å²) in [6.45, 7) is 1.77. The molecule has 1 aliphatic rings. The van der Waals surface area contributed by atoms with Crippen molar-refractivity contribution in [2.75, 3.05) is 32.8 Å². The minimum atomic E-state index is -3.66. The number of morpholine rings is 1. The van der Waals surface area contributed by atoms with Gasteiger partial charge in [-0.05, 0) is 29.3 Å². The van der Waals surface area contributed by atoms with E-state index in [4.69, 9.17) is 4.74 Å². The number of amides is 1. The molecule has 0 aliphatic carbocycles. The van der Waals surface area contributed by atoms with Crippen molar-refractivity contribution in [3.8, 4) is 0 Å². The Labute approximate surface area is 188 Å². The summed E-state index contributed by atoms with van der Waals surface area (Å²) in [5.41, 5.74) is 2.52. The van der Waals surface area contributed by atoms with Crippen LogP contribution in [0.15, 0.2) is 89.8 Å². The Hall–Kier alpha value is -3.00. The van der Waals surface area contributed by atoms with Crippen LogP contribution in [0.1, 0.15) is 27.4 Å². The first kappa shape index (κ1) is 22.2. The maximum Gasteiger partial charge on any atom is 0.251 e. The van der Waals surface area contributed by atoms with Gasteiger partial charge in [0.1, 0.15) is 0 Å². The number of sulfonamides is 1. The molecule has 0 unspecified atom stereocenters. The van der Waals surface area contributed by atoms with Crippen LogP contribution in [0.25, 0.3) is 0 Å². The second kappa shape index (κ2) is 10.1.